The first-order valence-corrected chi connectivity index (χ1v) is 10.4. The van der Waals surface area contributed by atoms with E-state index in [0.29, 0.717) is 24.0 Å². The second kappa shape index (κ2) is 8.10. The van der Waals surface area contributed by atoms with E-state index >= 15 is 0 Å². The van der Waals surface area contributed by atoms with Gasteiger partial charge in [-0.05, 0) is 44.5 Å². The van der Waals surface area contributed by atoms with Gasteiger partial charge in [0.15, 0.2) is 0 Å². The first kappa shape index (κ1) is 19.2. The third-order valence-electron chi connectivity index (χ3n) is 5.95. The first-order valence-electron chi connectivity index (χ1n) is 10.0. The maximum atomic E-state index is 13.3. The SMILES string of the molecule is CC1CCCCN1CC(=O)N1N=C(c2ccccc2Cl)CC1c1cccn1C. The molecule has 2 aliphatic rings. The zero-order chi connectivity index (χ0) is 19.7. The molecule has 28 heavy (non-hydrogen) atoms. The van der Waals surface area contributed by atoms with Crippen molar-refractivity contribution >= 4 is 23.2 Å². The molecule has 0 spiro atoms. The maximum Gasteiger partial charge on any atom is 0.257 e. The summed E-state index contributed by atoms with van der Waals surface area (Å²) in [4.78, 5) is 15.6. The molecule has 3 heterocycles. The van der Waals surface area contributed by atoms with Crippen LogP contribution in [0, 0.1) is 0 Å². The number of halogens is 1. The second-order valence-corrected chi connectivity index (χ2v) is 8.25. The lowest BCUT2D eigenvalue weighted by Crippen LogP contribution is -2.44. The molecule has 6 heteroatoms. The highest BCUT2D eigenvalue weighted by atomic mass is 35.5. The summed E-state index contributed by atoms with van der Waals surface area (Å²) >= 11 is 6.41. The van der Waals surface area contributed by atoms with Crippen molar-refractivity contribution in [2.45, 2.75) is 44.7 Å². The molecule has 1 fully saturated rings. The Morgan fingerprint density at radius 1 is 1.21 bits per heavy atom. The van der Waals surface area contributed by atoms with Gasteiger partial charge in [-0.25, -0.2) is 5.01 Å². The minimum Gasteiger partial charge on any atom is -0.353 e. The summed E-state index contributed by atoms with van der Waals surface area (Å²) < 4.78 is 2.07. The van der Waals surface area contributed by atoms with Crippen molar-refractivity contribution in [2.75, 3.05) is 13.1 Å². The summed E-state index contributed by atoms with van der Waals surface area (Å²) in [5.41, 5.74) is 2.87. The molecule has 1 saturated heterocycles. The van der Waals surface area contributed by atoms with Crippen LogP contribution in [0.5, 0.6) is 0 Å². The lowest BCUT2D eigenvalue weighted by atomic mass is 10.0. The molecule has 2 atom stereocenters. The van der Waals surface area contributed by atoms with Crippen molar-refractivity contribution in [3.8, 4) is 0 Å². The number of likely N-dealkylation sites (tertiary alicyclic amines) is 1. The van der Waals surface area contributed by atoms with Crippen LogP contribution in [0.3, 0.4) is 0 Å². The lowest BCUT2D eigenvalue weighted by Gasteiger charge is -2.34. The minimum absolute atomic E-state index is 0.0574. The van der Waals surface area contributed by atoms with Gasteiger partial charge in [0.2, 0.25) is 0 Å². The van der Waals surface area contributed by atoms with Crippen LogP contribution < -0.4 is 0 Å². The van der Waals surface area contributed by atoms with Gasteiger partial charge in [-0.3, -0.25) is 9.69 Å². The predicted molar refractivity (Wildman–Crippen MR) is 112 cm³/mol. The fraction of sp³-hybridized carbons (Fsp3) is 0.455. The van der Waals surface area contributed by atoms with Crippen molar-refractivity contribution in [3.63, 3.8) is 0 Å². The van der Waals surface area contributed by atoms with Crippen LogP contribution in [-0.2, 0) is 11.8 Å². The second-order valence-electron chi connectivity index (χ2n) is 7.84. The van der Waals surface area contributed by atoms with Crippen LogP contribution in [0.25, 0.3) is 0 Å². The number of hydrogen-bond donors (Lipinski definition) is 0. The van der Waals surface area contributed by atoms with Gasteiger partial charge in [-0.15, -0.1) is 0 Å². The first-order chi connectivity index (χ1) is 13.5. The number of rotatable bonds is 4. The van der Waals surface area contributed by atoms with Gasteiger partial charge in [0.25, 0.3) is 5.91 Å². The monoisotopic (exact) mass is 398 g/mol. The molecule has 0 radical (unpaired) electrons. The van der Waals surface area contributed by atoms with E-state index < -0.39 is 0 Å². The molecule has 2 aliphatic heterocycles. The molecule has 0 aliphatic carbocycles. The average Bonchev–Trinajstić information content (AvgIpc) is 3.30. The molecule has 1 amide bonds. The molecule has 1 aromatic heterocycles. The standard InChI is InChI=1S/C22H27ClN4O/c1-16-8-5-6-13-26(16)15-22(28)27-21(20-11-7-12-25(20)2)14-19(24-27)17-9-3-4-10-18(17)23/h3-4,7,9-12,16,21H,5-6,8,13-15H2,1-2H3. The molecule has 5 nitrogen and oxygen atoms in total. The van der Waals surface area contributed by atoms with Gasteiger partial charge >= 0.3 is 0 Å². The van der Waals surface area contributed by atoms with Gasteiger partial charge in [-0.2, -0.15) is 5.10 Å². The Hall–Kier alpha value is -2.11. The quantitative estimate of drug-likeness (QED) is 0.773. The Bertz CT molecular complexity index is 890. The van der Waals surface area contributed by atoms with Crippen LogP contribution in [0.1, 0.15) is 49.9 Å². The Morgan fingerprint density at radius 3 is 2.75 bits per heavy atom. The fourth-order valence-electron chi connectivity index (χ4n) is 4.29. The largest absolute Gasteiger partial charge is 0.353 e. The minimum atomic E-state index is -0.0983. The summed E-state index contributed by atoms with van der Waals surface area (Å²) in [7, 11) is 2.01. The van der Waals surface area contributed by atoms with Crippen molar-refractivity contribution in [1.82, 2.24) is 14.5 Å². The molecule has 148 valence electrons. The number of amides is 1. The molecule has 0 bridgehead atoms. The smallest absolute Gasteiger partial charge is 0.257 e. The topological polar surface area (TPSA) is 40.8 Å². The summed E-state index contributed by atoms with van der Waals surface area (Å²) in [6, 6.07) is 12.1. The molecule has 0 N–H and O–H groups in total. The van der Waals surface area contributed by atoms with Crippen molar-refractivity contribution in [2.24, 2.45) is 12.1 Å². The Kier molecular flexibility index (Phi) is 5.56. The van der Waals surface area contributed by atoms with E-state index in [1.807, 2.05) is 43.6 Å². The molecular weight excluding hydrogens is 372 g/mol. The van der Waals surface area contributed by atoms with E-state index in [1.165, 1.54) is 6.42 Å². The third-order valence-corrected chi connectivity index (χ3v) is 6.28. The Labute approximate surface area is 171 Å². The van der Waals surface area contributed by atoms with Crippen LogP contribution >= 0.6 is 11.6 Å². The number of nitrogens with zero attached hydrogens (tertiary/aromatic N) is 4. The summed E-state index contributed by atoms with van der Waals surface area (Å²) in [5.74, 6) is 0.0574. The van der Waals surface area contributed by atoms with Crippen molar-refractivity contribution in [1.29, 1.82) is 0 Å². The van der Waals surface area contributed by atoms with Gasteiger partial charge in [-0.1, -0.05) is 36.2 Å². The predicted octanol–water partition coefficient (Wildman–Crippen LogP) is 4.23. The van der Waals surface area contributed by atoms with E-state index in [0.717, 1.165) is 36.4 Å². The van der Waals surface area contributed by atoms with Gasteiger partial charge in [0.1, 0.15) is 6.04 Å². The Morgan fingerprint density at radius 2 is 2.04 bits per heavy atom. The molecule has 0 saturated carbocycles. The number of carbonyl (C=O) groups is 1. The van der Waals surface area contributed by atoms with Crippen LogP contribution in [0.15, 0.2) is 47.7 Å². The highest BCUT2D eigenvalue weighted by Gasteiger charge is 2.36. The normalized spacial score (nSPS) is 23.1. The molecular formula is C22H27ClN4O. The number of aryl methyl sites for hydroxylation is 1. The number of piperidine rings is 1. The third kappa shape index (κ3) is 3.74. The van der Waals surface area contributed by atoms with E-state index in [4.69, 9.17) is 16.7 Å². The van der Waals surface area contributed by atoms with Crippen molar-refractivity contribution < 1.29 is 4.79 Å². The van der Waals surface area contributed by atoms with E-state index in [1.54, 1.807) is 5.01 Å². The van der Waals surface area contributed by atoms with E-state index in [2.05, 4.69) is 22.5 Å². The zero-order valence-electron chi connectivity index (χ0n) is 16.5. The summed E-state index contributed by atoms with van der Waals surface area (Å²) in [6.07, 6.45) is 6.24. The highest BCUT2D eigenvalue weighted by Crippen LogP contribution is 2.34. The lowest BCUT2D eigenvalue weighted by molar-refractivity contribution is -0.135. The summed E-state index contributed by atoms with van der Waals surface area (Å²) in [6.45, 7) is 3.61. The number of hydrogen-bond acceptors (Lipinski definition) is 3. The number of hydrazone groups is 1. The van der Waals surface area contributed by atoms with Crippen LogP contribution in [0.4, 0.5) is 0 Å². The van der Waals surface area contributed by atoms with Crippen LogP contribution in [0.2, 0.25) is 5.02 Å². The maximum absolute atomic E-state index is 13.3. The van der Waals surface area contributed by atoms with Gasteiger partial charge in [0, 0.05) is 42.0 Å². The number of aromatic nitrogens is 1. The molecule has 1 aromatic carbocycles. The van der Waals surface area contributed by atoms with Crippen molar-refractivity contribution in [3.05, 3.63) is 58.9 Å². The average molecular weight is 399 g/mol. The number of carbonyl (C=O) groups excluding carboxylic acids is 1. The fourth-order valence-corrected chi connectivity index (χ4v) is 4.53. The van der Waals surface area contributed by atoms with Gasteiger partial charge < -0.3 is 4.57 Å². The number of benzene rings is 1. The van der Waals surface area contributed by atoms with Gasteiger partial charge in [0.05, 0.1) is 12.3 Å². The van der Waals surface area contributed by atoms with E-state index in [-0.39, 0.29) is 11.9 Å². The molecule has 4 rings (SSSR count). The Balaban J connectivity index is 1.62. The zero-order valence-corrected chi connectivity index (χ0v) is 17.3. The van der Waals surface area contributed by atoms with E-state index in [9.17, 15) is 4.79 Å². The highest BCUT2D eigenvalue weighted by molar-refractivity contribution is 6.34. The molecule has 2 aromatic rings. The van der Waals surface area contributed by atoms with Crippen LogP contribution in [-0.4, -0.2) is 45.2 Å². The molecule has 2 unspecified atom stereocenters. The summed E-state index contributed by atoms with van der Waals surface area (Å²) in [5, 5.41) is 7.13.